The van der Waals surface area contributed by atoms with Gasteiger partial charge in [0.15, 0.2) is 0 Å². The molecule has 1 unspecified atom stereocenters. The van der Waals surface area contributed by atoms with Crippen LogP contribution in [0, 0.1) is 0 Å². The highest BCUT2D eigenvalue weighted by Crippen LogP contribution is 2.09. The first kappa shape index (κ1) is 13.7. The van der Waals surface area contributed by atoms with Crippen molar-refractivity contribution in [1.29, 1.82) is 0 Å². The molecule has 2 nitrogen and oxygen atoms in total. The second kappa shape index (κ2) is 7.82. The molecule has 0 amide bonds. The Balaban J connectivity index is 2.05. The van der Waals surface area contributed by atoms with Crippen molar-refractivity contribution < 1.29 is 0 Å². The second-order valence-electron chi connectivity index (χ2n) is 4.40. The van der Waals surface area contributed by atoms with Crippen LogP contribution in [-0.2, 0) is 6.42 Å². The summed E-state index contributed by atoms with van der Waals surface area (Å²) in [5.74, 6) is 0. The Hall–Kier alpha value is -0.380. The number of hydrogen-bond acceptors (Lipinski definition) is 3. The van der Waals surface area contributed by atoms with Gasteiger partial charge in [0.05, 0.1) is 0 Å². The van der Waals surface area contributed by atoms with Crippen LogP contribution in [0.4, 0.5) is 0 Å². The molecule has 0 fully saturated rings. The Morgan fingerprint density at radius 2 is 2.25 bits per heavy atom. The van der Waals surface area contributed by atoms with Gasteiger partial charge in [-0.1, -0.05) is 13.0 Å². The third-order valence-electron chi connectivity index (χ3n) is 2.92. The van der Waals surface area contributed by atoms with E-state index in [1.54, 1.807) is 0 Å². The Morgan fingerprint density at radius 1 is 1.44 bits per heavy atom. The van der Waals surface area contributed by atoms with Crippen LogP contribution in [0.15, 0.2) is 17.5 Å². The molecule has 1 aromatic heterocycles. The number of likely N-dealkylation sites (N-methyl/N-ethyl adjacent to an activating group) is 1. The minimum Gasteiger partial charge on any atom is -0.313 e. The van der Waals surface area contributed by atoms with Crippen LogP contribution in [-0.4, -0.2) is 37.6 Å². The normalized spacial score (nSPS) is 13.2. The summed E-state index contributed by atoms with van der Waals surface area (Å²) in [5, 5.41) is 5.67. The van der Waals surface area contributed by atoms with E-state index in [1.165, 1.54) is 17.7 Å². The van der Waals surface area contributed by atoms with Crippen LogP contribution < -0.4 is 5.32 Å². The van der Waals surface area contributed by atoms with Crippen molar-refractivity contribution in [2.45, 2.75) is 32.7 Å². The van der Waals surface area contributed by atoms with Gasteiger partial charge in [0.25, 0.3) is 0 Å². The predicted molar refractivity (Wildman–Crippen MR) is 73.3 cm³/mol. The van der Waals surface area contributed by atoms with Crippen LogP contribution in [0.5, 0.6) is 0 Å². The molecule has 0 aliphatic carbocycles. The highest BCUT2D eigenvalue weighted by atomic mass is 32.1. The lowest BCUT2D eigenvalue weighted by molar-refractivity contribution is 0.329. The minimum atomic E-state index is 0.644. The Labute approximate surface area is 104 Å². The van der Waals surface area contributed by atoms with E-state index < -0.39 is 0 Å². The SMILES string of the molecule is CCC(C)NCCN(C)CCc1cccs1. The molecule has 1 aromatic rings. The molecule has 0 saturated heterocycles. The van der Waals surface area contributed by atoms with Crippen molar-refractivity contribution in [3.8, 4) is 0 Å². The van der Waals surface area contributed by atoms with Crippen molar-refractivity contribution in [3.05, 3.63) is 22.4 Å². The summed E-state index contributed by atoms with van der Waals surface area (Å²) in [6, 6.07) is 4.99. The van der Waals surface area contributed by atoms with E-state index in [4.69, 9.17) is 0 Å². The monoisotopic (exact) mass is 240 g/mol. The first-order chi connectivity index (χ1) is 7.72. The fourth-order valence-electron chi connectivity index (χ4n) is 1.51. The number of rotatable bonds is 8. The highest BCUT2D eigenvalue weighted by molar-refractivity contribution is 7.09. The maximum atomic E-state index is 3.52. The van der Waals surface area contributed by atoms with Gasteiger partial charge < -0.3 is 10.2 Å². The quantitative estimate of drug-likeness (QED) is 0.751. The predicted octanol–water partition coefficient (Wildman–Crippen LogP) is 2.61. The number of hydrogen-bond donors (Lipinski definition) is 1. The van der Waals surface area contributed by atoms with Gasteiger partial charge in [-0.3, -0.25) is 0 Å². The third kappa shape index (κ3) is 5.64. The van der Waals surface area contributed by atoms with Gasteiger partial charge in [-0.05, 0) is 38.3 Å². The summed E-state index contributed by atoms with van der Waals surface area (Å²) >= 11 is 1.85. The lowest BCUT2D eigenvalue weighted by Crippen LogP contribution is -2.34. The van der Waals surface area contributed by atoms with Crippen LogP contribution in [0.2, 0.25) is 0 Å². The van der Waals surface area contributed by atoms with Crippen molar-refractivity contribution in [1.82, 2.24) is 10.2 Å². The molecule has 1 N–H and O–H groups in total. The van der Waals surface area contributed by atoms with E-state index in [0.29, 0.717) is 6.04 Å². The maximum absolute atomic E-state index is 3.52. The first-order valence-corrected chi connectivity index (χ1v) is 7.04. The van der Waals surface area contributed by atoms with E-state index in [1.807, 2.05) is 11.3 Å². The molecule has 1 heterocycles. The molecule has 0 radical (unpaired) electrons. The fraction of sp³-hybridized carbons (Fsp3) is 0.692. The third-order valence-corrected chi connectivity index (χ3v) is 3.85. The molecule has 3 heteroatoms. The summed E-state index contributed by atoms with van der Waals surface area (Å²) in [4.78, 5) is 3.89. The van der Waals surface area contributed by atoms with Gasteiger partial charge in [-0.25, -0.2) is 0 Å². The molecule has 0 spiro atoms. The van der Waals surface area contributed by atoms with E-state index >= 15 is 0 Å². The molecule has 1 rings (SSSR count). The Morgan fingerprint density at radius 3 is 2.88 bits per heavy atom. The molecule has 0 bridgehead atoms. The van der Waals surface area contributed by atoms with Crippen LogP contribution in [0.3, 0.4) is 0 Å². The van der Waals surface area contributed by atoms with Crippen LogP contribution >= 0.6 is 11.3 Å². The minimum absolute atomic E-state index is 0.644. The van der Waals surface area contributed by atoms with E-state index in [2.05, 4.69) is 48.6 Å². The van der Waals surface area contributed by atoms with Crippen LogP contribution in [0.1, 0.15) is 25.1 Å². The topological polar surface area (TPSA) is 15.3 Å². The number of nitrogens with one attached hydrogen (secondary N) is 1. The van der Waals surface area contributed by atoms with Crippen molar-refractivity contribution in [3.63, 3.8) is 0 Å². The van der Waals surface area contributed by atoms with Gasteiger partial charge in [0, 0.05) is 30.6 Å². The number of thiophene rings is 1. The standard InChI is InChI=1S/C13H24N2S/c1-4-12(2)14-8-10-15(3)9-7-13-6-5-11-16-13/h5-6,11-12,14H,4,7-10H2,1-3H3. The van der Waals surface area contributed by atoms with Crippen molar-refractivity contribution >= 4 is 11.3 Å². The molecule has 0 aliphatic heterocycles. The summed E-state index contributed by atoms with van der Waals surface area (Å²) in [7, 11) is 2.20. The zero-order valence-corrected chi connectivity index (χ0v) is 11.5. The largest absolute Gasteiger partial charge is 0.313 e. The molecule has 0 aromatic carbocycles. The van der Waals surface area contributed by atoms with Gasteiger partial charge in [-0.2, -0.15) is 0 Å². The zero-order valence-electron chi connectivity index (χ0n) is 10.7. The average Bonchev–Trinajstić information content (AvgIpc) is 2.79. The summed E-state index contributed by atoms with van der Waals surface area (Å²) in [6.45, 7) is 7.85. The second-order valence-corrected chi connectivity index (χ2v) is 5.43. The smallest absolute Gasteiger partial charge is 0.0104 e. The first-order valence-electron chi connectivity index (χ1n) is 6.16. The van der Waals surface area contributed by atoms with Crippen LogP contribution in [0.25, 0.3) is 0 Å². The van der Waals surface area contributed by atoms with Gasteiger partial charge >= 0.3 is 0 Å². The molecule has 0 aliphatic rings. The molecular weight excluding hydrogens is 216 g/mol. The fourth-order valence-corrected chi connectivity index (χ4v) is 2.21. The lowest BCUT2D eigenvalue weighted by Gasteiger charge is -2.18. The molecule has 92 valence electrons. The highest BCUT2D eigenvalue weighted by Gasteiger charge is 2.01. The Kier molecular flexibility index (Phi) is 6.69. The van der Waals surface area contributed by atoms with E-state index in [0.717, 1.165) is 19.6 Å². The van der Waals surface area contributed by atoms with E-state index in [9.17, 15) is 0 Å². The summed E-state index contributed by atoms with van der Waals surface area (Å²) < 4.78 is 0. The number of nitrogens with zero attached hydrogens (tertiary/aromatic N) is 1. The van der Waals surface area contributed by atoms with E-state index in [-0.39, 0.29) is 0 Å². The lowest BCUT2D eigenvalue weighted by atomic mass is 10.2. The molecule has 1 atom stereocenters. The maximum Gasteiger partial charge on any atom is 0.0104 e. The Bertz CT molecular complexity index is 259. The molecular formula is C13H24N2S. The van der Waals surface area contributed by atoms with Gasteiger partial charge in [0.2, 0.25) is 0 Å². The molecule has 0 saturated carbocycles. The molecule has 16 heavy (non-hydrogen) atoms. The zero-order chi connectivity index (χ0) is 11.8. The van der Waals surface area contributed by atoms with Gasteiger partial charge in [-0.15, -0.1) is 11.3 Å². The average molecular weight is 240 g/mol. The summed E-state index contributed by atoms with van der Waals surface area (Å²) in [6.07, 6.45) is 2.39. The van der Waals surface area contributed by atoms with Crippen molar-refractivity contribution in [2.75, 3.05) is 26.7 Å². The van der Waals surface area contributed by atoms with Gasteiger partial charge in [0.1, 0.15) is 0 Å². The summed E-state index contributed by atoms with van der Waals surface area (Å²) in [5.41, 5.74) is 0. The van der Waals surface area contributed by atoms with Crippen molar-refractivity contribution in [2.24, 2.45) is 0 Å².